The van der Waals surface area contributed by atoms with Gasteiger partial charge in [0.15, 0.2) is 0 Å². The van der Waals surface area contributed by atoms with E-state index in [1.165, 1.54) is 102 Å². The lowest BCUT2D eigenvalue weighted by Gasteiger charge is -2.18. The largest absolute Gasteiger partial charge is 0.455 e. The summed E-state index contributed by atoms with van der Waals surface area (Å²) in [5, 5.41) is 14.9. The fraction of sp³-hybridized carbons (Fsp3) is 0. The molecule has 0 saturated carbocycles. The number of furan rings is 1. The normalized spacial score (nSPS) is 12.1. The summed E-state index contributed by atoms with van der Waals surface area (Å²) in [6.07, 6.45) is 0. The minimum absolute atomic E-state index is 0.940. The summed E-state index contributed by atoms with van der Waals surface area (Å²) < 4.78 is 9.15. The van der Waals surface area contributed by atoms with Crippen LogP contribution in [0.15, 0.2) is 186 Å². The third-order valence-electron chi connectivity index (χ3n) is 11.4. The molecule has 0 aliphatic carbocycles. The van der Waals surface area contributed by atoms with Gasteiger partial charge < -0.3 is 4.42 Å². The van der Waals surface area contributed by atoms with Crippen LogP contribution in [0.4, 0.5) is 0 Å². The maximum atomic E-state index is 6.57. The fourth-order valence-electron chi connectivity index (χ4n) is 8.98. The van der Waals surface area contributed by atoms with Crippen LogP contribution in [0.1, 0.15) is 0 Å². The Hall–Kier alpha value is -6.74. The lowest BCUT2D eigenvalue weighted by atomic mass is 9.85. The first-order chi connectivity index (χ1) is 26.8. The molecule has 0 radical (unpaired) electrons. The van der Waals surface area contributed by atoms with Crippen LogP contribution in [0.25, 0.3) is 119 Å². The van der Waals surface area contributed by atoms with Crippen LogP contribution in [0.2, 0.25) is 0 Å². The van der Waals surface area contributed by atoms with Crippen molar-refractivity contribution in [1.82, 2.24) is 0 Å². The van der Waals surface area contributed by atoms with E-state index in [4.69, 9.17) is 4.42 Å². The average Bonchev–Trinajstić information content (AvgIpc) is 3.81. The van der Waals surface area contributed by atoms with E-state index in [2.05, 4.69) is 182 Å². The second-order valence-electron chi connectivity index (χ2n) is 14.4. The third-order valence-corrected chi connectivity index (χ3v) is 12.6. The molecule has 0 saturated heterocycles. The Morgan fingerprint density at radius 1 is 0.315 bits per heavy atom. The van der Waals surface area contributed by atoms with Gasteiger partial charge in [-0.2, -0.15) is 0 Å². The Morgan fingerprint density at radius 2 is 0.870 bits per heavy atom. The molecular formula is C52H30OS. The van der Waals surface area contributed by atoms with Crippen molar-refractivity contribution < 1.29 is 4.42 Å². The molecule has 0 spiro atoms. The van der Waals surface area contributed by atoms with E-state index in [0.29, 0.717) is 0 Å². The molecule has 2 heteroatoms. The lowest BCUT2D eigenvalue weighted by molar-refractivity contribution is 0.673. The van der Waals surface area contributed by atoms with Gasteiger partial charge in [0.25, 0.3) is 0 Å². The molecule has 250 valence electrons. The van der Waals surface area contributed by atoms with E-state index in [9.17, 15) is 0 Å². The summed E-state index contributed by atoms with van der Waals surface area (Å²) in [6, 6.07) is 66.7. The fourth-order valence-corrected chi connectivity index (χ4v) is 10.1. The zero-order valence-electron chi connectivity index (χ0n) is 29.1. The molecule has 1 nitrogen and oxygen atoms in total. The zero-order chi connectivity index (χ0) is 35.3. The summed E-state index contributed by atoms with van der Waals surface area (Å²) in [4.78, 5) is 0. The van der Waals surface area contributed by atoms with Crippen LogP contribution >= 0.6 is 11.3 Å². The van der Waals surface area contributed by atoms with Gasteiger partial charge in [-0.05, 0) is 114 Å². The highest BCUT2D eigenvalue weighted by atomic mass is 32.1. The Kier molecular flexibility index (Phi) is 6.28. The molecule has 0 fully saturated rings. The van der Waals surface area contributed by atoms with Gasteiger partial charge in [-0.15, -0.1) is 11.3 Å². The Bertz CT molecular complexity index is 3440. The highest BCUT2D eigenvalue weighted by Gasteiger charge is 2.19. The Morgan fingerprint density at radius 3 is 1.61 bits per heavy atom. The summed E-state index contributed by atoms with van der Waals surface area (Å²) in [5.41, 5.74) is 9.40. The highest BCUT2D eigenvalue weighted by Crippen LogP contribution is 2.46. The van der Waals surface area contributed by atoms with Gasteiger partial charge in [0.2, 0.25) is 0 Å². The second kappa shape index (κ2) is 11.4. The molecule has 2 heterocycles. The first-order valence-electron chi connectivity index (χ1n) is 18.5. The van der Waals surface area contributed by atoms with Crippen LogP contribution < -0.4 is 0 Å². The van der Waals surface area contributed by atoms with E-state index in [-0.39, 0.29) is 0 Å². The minimum atomic E-state index is 0.940. The molecule has 12 rings (SSSR count). The number of hydrogen-bond donors (Lipinski definition) is 0. The van der Waals surface area contributed by atoms with Gasteiger partial charge in [0, 0.05) is 36.3 Å². The van der Waals surface area contributed by atoms with E-state index < -0.39 is 0 Å². The SMILES string of the molecule is c1ccc(-c2c3ccccc3c(-c3ccc4cc(-c5ccc6sc7ccc8oc9c%10ccccc%10ccc9c8c7c6c5)ccc4c3)c3ccccc23)cc1. The number of benzene rings is 10. The van der Waals surface area contributed by atoms with Crippen molar-refractivity contribution in [3.8, 4) is 33.4 Å². The highest BCUT2D eigenvalue weighted by molar-refractivity contribution is 7.26. The maximum Gasteiger partial charge on any atom is 0.143 e. The van der Waals surface area contributed by atoms with Crippen molar-refractivity contribution in [2.24, 2.45) is 0 Å². The lowest BCUT2D eigenvalue weighted by Crippen LogP contribution is -1.90. The smallest absolute Gasteiger partial charge is 0.143 e. The Balaban J connectivity index is 1.01. The molecule has 0 aliphatic rings. The molecule has 0 amide bonds. The zero-order valence-corrected chi connectivity index (χ0v) is 30.0. The predicted octanol–water partition coefficient (Wildman–Crippen LogP) is 15.6. The average molecular weight is 703 g/mol. The predicted molar refractivity (Wildman–Crippen MR) is 233 cm³/mol. The Labute approximate surface area is 314 Å². The van der Waals surface area contributed by atoms with Crippen LogP contribution in [0.5, 0.6) is 0 Å². The van der Waals surface area contributed by atoms with Gasteiger partial charge in [-0.25, -0.2) is 0 Å². The molecule has 0 unspecified atom stereocenters. The number of rotatable bonds is 3. The molecule has 12 aromatic rings. The van der Waals surface area contributed by atoms with Crippen LogP contribution in [-0.2, 0) is 0 Å². The summed E-state index contributed by atoms with van der Waals surface area (Å²) in [7, 11) is 0. The summed E-state index contributed by atoms with van der Waals surface area (Å²) >= 11 is 1.86. The molecule has 0 N–H and O–H groups in total. The number of hydrogen-bond acceptors (Lipinski definition) is 2. The van der Waals surface area contributed by atoms with Crippen molar-refractivity contribution in [2.75, 3.05) is 0 Å². The van der Waals surface area contributed by atoms with Crippen molar-refractivity contribution in [3.05, 3.63) is 182 Å². The number of thiophene rings is 1. The molecule has 10 aromatic carbocycles. The molecule has 0 aliphatic heterocycles. The van der Waals surface area contributed by atoms with E-state index in [1.807, 2.05) is 11.3 Å². The van der Waals surface area contributed by atoms with E-state index >= 15 is 0 Å². The maximum absolute atomic E-state index is 6.57. The molecule has 0 bridgehead atoms. The van der Waals surface area contributed by atoms with Crippen LogP contribution in [0.3, 0.4) is 0 Å². The van der Waals surface area contributed by atoms with Crippen molar-refractivity contribution >= 4 is 96.5 Å². The van der Waals surface area contributed by atoms with Crippen LogP contribution in [-0.4, -0.2) is 0 Å². The van der Waals surface area contributed by atoms with E-state index in [0.717, 1.165) is 16.6 Å². The van der Waals surface area contributed by atoms with Gasteiger partial charge in [0.05, 0.1) is 0 Å². The first-order valence-corrected chi connectivity index (χ1v) is 19.3. The quantitative estimate of drug-likeness (QED) is 0.167. The van der Waals surface area contributed by atoms with E-state index in [1.54, 1.807) is 0 Å². The third kappa shape index (κ3) is 4.32. The summed E-state index contributed by atoms with van der Waals surface area (Å²) in [6.45, 7) is 0. The van der Waals surface area contributed by atoms with Crippen molar-refractivity contribution in [3.63, 3.8) is 0 Å². The summed E-state index contributed by atoms with van der Waals surface area (Å²) in [5.74, 6) is 0. The van der Waals surface area contributed by atoms with Gasteiger partial charge in [-0.3, -0.25) is 0 Å². The van der Waals surface area contributed by atoms with Crippen LogP contribution in [0, 0.1) is 0 Å². The van der Waals surface area contributed by atoms with Crippen molar-refractivity contribution in [2.45, 2.75) is 0 Å². The first kappa shape index (κ1) is 29.8. The molecule has 2 aromatic heterocycles. The molecule has 54 heavy (non-hydrogen) atoms. The minimum Gasteiger partial charge on any atom is -0.455 e. The number of fused-ring (bicyclic) bond motifs is 12. The molecular weight excluding hydrogens is 673 g/mol. The van der Waals surface area contributed by atoms with Crippen molar-refractivity contribution in [1.29, 1.82) is 0 Å². The monoisotopic (exact) mass is 702 g/mol. The van der Waals surface area contributed by atoms with Gasteiger partial charge >= 0.3 is 0 Å². The van der Waals surface area contributed by atoms with Gasteiger partial charge in [-0.1, -0.05) is 140 Å². The molecule has 0 atom stereocenters. The topological polar surface area (TPSA) is 13.1 Å². The standard InChI is InChI=1S/C52H30OS/c1-2-11-32(12-3-1)48-39-14-6-8-16-41(39)49(42-17-9-7-15-40(42)48)37-21-20-33-28-34(18-19-35(33)29-37)36-23-26-46-44(30-36)51-47(54-46)27-25-45-50(51)43-24-22-31-10-4-5-13-38(31)52(43)53-45/h1-30H. The van der Waals surface area contributed by atoms with Gasteiger partial charge in [0.1, 0.15) is 11.2 Å². The second-order valence-corrected chi connectivity index (χ2v) is 15.5.